The number of rotatable bonds is 3. The van der Waals surface area contributed by atoms with Crippen molar-refractivity contribution in [1.29, 1.82) is 0 Å². The zero-order chi connectivity index (χ0) is 13.2. The van der Waals surface area contributed by atoms with Crippen LogP contribution in [0.5, 0.6) is 0 Å². The summed E-state index contributed by atoms with van der Waals surface area (Å²) in [5.74, 6) is 0.0553. The molecule has 1 saturated heterocycles. The summed E-state index contributed by atoms with van der Waals surface area (Å²) in [6.45, 7) is 2.39. The Morgan fingerprint density at radius 1 is 1.28 bits per heavy atom. The van der Waals surface area contributed by atoms with Crippen molar-refractivity contribution in [2.24, 2.45) is 5.92 Å². The minimum absolute atomic E-state index is 0.00185. The lowest BCUT2D eigenvalue weighted by molar-refractivity contribution is 0.139. The molecule has 2 rings (SSSR count). The number of aliphatic hydroxyl groups excluding tert-OH is 1. The molecule has 18 heavy (non-hydrogen) atoms. The van der Waals surface area contributed by atoms with E-state index in [1.54, 1.807) is 30.3 Å². The van der Waals surface area contributed by atoms with Gasteiger partial charge in [-0.05, 0) is 37.8 Å². The molecular weight excluding hydrogens is 250 g/mol. The van der Waals surface area contributed by atoms with Crippen LogP contribution in [-0.2, 0) is 10.0 Å². The van der Waals surface area contributed by atoms with Crippen molar-refractivity contribution in [2.45, 2.75) is 30.7 Å². The van der Waals surface area contributed by atoms with Crippen LogP contribution in [0, 0.1) is 5.92 Å². The maximum atomic E-state index is 12.5. The van der Waals surface area contributed by atoms with Gasteiger partial charge in [0.15, 0.2) is 0 Å². The maximum Gasteiger partial charge on any atom is 0.243 e. The van der Waals surface area contributed by atoms with Crippen molar-refractivity contribution in [3.05, 3.63) is 30.3 Å². The predicted molar refractivity (Wildman–Crippen MR) is 69.6 cm³/mol. The van der Waals surface area contributed by atoms with Crippen LogP contribution in [0.4, 0.5) is 0 Å². The largest absolute Gasteiger partial charge is 0.396 e. The third-order valence-corrected chi connectivity index (χ3v) is 5.52. The summed E-state index contributed by atoms with van der Waals surface area (Å²) >= 11 is 0. The normalized spacial score (nSPS) is 26.1. The first kappa shape index (κ1) is 13.5. The molecule has 100 valence electrons. The van der Waals surface area contributed by atoms with E-state index in [-0.39, 0.29) is 18.6 Å². The summed E-state index contributed by atoms with van der Waals surface area (Å²) < 4.78 is 26.5. The highest BCUT2D eigenvalue weighted by Gasteiger charge is 2.34. The van der Waals surface area contributed by atoms with E-state index in [4.69, 9.17) is 0 Å². The number of hydrogen-bond donors (Lipinski definition) is 1. The SMILES string of the molecule is CC1CCC(CO)CN1S(=O)(=O)c1ccccc1. The molecule has 1 fully saturated rings. The minimum Gasteiger partial charge on any atom is -0.396 e. The number of benzene rings is 1. The van der Waals surface area contributed by atoms with Gasteiger partial charge in [0.1, 0.15) is 0 Å². The molecule has 1 aromatic carbocycles. The average molecular weight is 269 g/mol. The molecule has 0 bridgehead atoms. The van der Waals surface area contributed by atoms with E-state index in [0.717, 1.165) is 12.8 Å². The highest BCUT2D eigenvalue weighted by atomic mass is 32.2. The van der Waals surface area contributed by atoms with Gasteiger partial charge < -0.3 is 5.11 Å². The smallest absolute Gasteiger partial charge is 0.243 e. The topological polar surface area (TPSA) is 57.6 Å². The Labute approximate surface area is 108 Å². The molecule has 0 saturated carbocycles. The van der Waals surface area contributed by atoms with Gasteiger partial charge in [0.25, 0.3) is 0 Å². The van der Waals surface area contributed by atoms with Gasteiger partial charge in [0.05, 0.1) is 4.90 Å². The van der Waals surface area contributed by atoms with E-state index in [1.165, 1.54) is 4.31 Å². The van der Waals surface area contributed by atoms with Gasteiger partial charge in [0.2, 0.25) is 10.0 Å². The summed E-state index contributed by atoms with van der Waals surface area (Å²) in [6, 6.07) is 8.48. The molecule has 1 aliphatic heterocycles. The fourth-order valence-electron chi connectivity index (χ4n) is 2.36. The van der Waals surface area contributed by atoms with Crippen LogP contribution in [0.2, 0.25) is 0 Å². The predicted octanol–water partition coefficient (Wildman–Crippen LogP) is 1.47. The van der Waals surface area contributed by atoms with E-state index in [9.17, 15) is 13.5 Å². The van der Waals surface area contributed by atoms with Crippen molar-refractivity contribution in [1.82, 2.24) is 4.31 Å². The van der Waals surface area contributed by atoms with E-state index >= 15 is 0 Å². The van der Waals surface area contributed by atoms with E-state index < -0.39 is 10.0 Å². The monoisotopic (exact) mass is 269 g/mol. The van der Waals surface area contributed by atoms with Gasteiger partial charge in [-0.3, -0.25) is 0 Å². The summed E-state index contributed by atoms with van der Waals surface area (Å²) in [7, 11) is -3.43. The summed E-state index contributed by atoms with van der Waals surface area (Å²) in [4.78, 5) is 0.329. The summed E-state index contributed by atoms with van der Waals surface area (Å²) in [6.07, 6.45) is 1.69. The molecule has 0 amide bonds. The Balaban J connectivity index is 2.29. The Hall–Kier alpha value is -0.910. The second-order valence-corrected chi connectivity index (χ2v) is 6.75. The van der Waals surface area contributed by atoms with Crippen LogP contribution in [0.3, 0.4) is 0 Å². The van der Waals surface area contributed by atoms with Crippen LogP contribution in [-0.4, -0.2) is 37.0 Å². The summed E-state index contributed by atoms with van der Waals surface area (Å²) in [5, 5.41) is 9.21. The molecule has 1 heterocycles. The van der Waals surface area contributed by atoms with E-state index in [2.05, 4.69) is 0 Å². The molecule has 2 atom stereocenters. The van der Waals surface area contributed by atoms with E-state index in [1.807, 2.05) is 6.92 Å². The van der Waals surface area contributed by atoms with Gasteiger partial charge in [-0.2, -0.15) is 4.31 Å². The van der Waals surface area contributed by atoms with Crippen molar-refractivity contribution >= 4 is 10.0 Å². The van der Waals surface area contributed by atoms with Gasteiger partial charge >= 0.3 is 0 Å². The number of piperidine rings is 1. The highest BCUT2D eigenvalue weighted by Crippen LogP contribution is 2.27. The second-order valence-electron chi connectivity index (χ2n) is 4.86. The van der Waals surface area contributed by atoms with Crippen LogP contribution < -0.4 is 0 Å². The lowest BCUT2D eigenvalue weighted by Gasteiger charge is -2.36. The quantitative estimate of drug-likeness (QED) is 0.904. The van der Waals surface area contributed by atoms with Crippen molar-refractivity contribution in [2.75, 3.05) is 13.2 Å². The van der Waals surface area contributed by atoms with Crippen molar-refractivity contribution in [3.8, 4) is 0 Å². The average Bonchev–Trinajstić information content (AvgIpc) is 2.40. The highest BCUT2D eigenvalue weighted by molar-refractivity contribution is 7.89. The lowest BCUT2D eigenvalue weighted by Crippen LogP contribution is -2.46. The molecule has 2 unspecified atom stereocenters. The van der Waals surface area contributed by atoms with Gasteiger partial charge in [-0.15, -0.1) is 0 Å². The maximum absolute atomic E-state index is 12.5. The molecule has 0 spiro atoms. The molecule has 1 aromatic rings. The molecule has 0 aliphatic carbocycles. The van der Waals surface area contributed by atoms with Crippen molar-refractivity contribution < 1.29 is 13.5 Å². The molecular formula is C13H19NO3S. The van der Waals surface area contributed by atoms with Gasteiger partial charge in [-0.25, -0.2) is 8.42 Å². The Kier molecular flexibility index (Phi) is 4.04. The first-order valence-corrected chi connectivity index (χ1v) is 7.67. The van der Waals surface area contributed by atoms with Gasteiger partial charge in [-0.1, -0.05) is 18.2 Å². The van der Waals surface area contributed by atoms with Gasteiger partial charge in [0, 0.05) is 19.2 Å². The Bertz CT molecular complexity index is 486. The van der Waals surface area contributed by atoms with Crippen LogP contribution >= 0.6 is 0 Å². The number of aliphatic hydroxyl groups is 1. The minimum atomic E-state index is -3.43. The third kappa shape index (κ3) is 2.58. The van der Waals surface area contributed by atoms with Crippen molar-refractivity contribution in [3.63, 3.8) is 0 Å². The molecule has 0 aromatic heterocycles. The zero-order valence-electron chi connectivity index (χ0n) is 10.5. The molecule has 0 radical (unpaired) electrons. The zero-order valence-corrected chi connectivity index (χ0v) is 11.3. The first-order valence-electron chi connectivity index (χ1n) is 6.23. The fourth-order valence-corrected chi connectivity index (χ4v) is 4.12. The van der Waals surface area contributed by atoms with Crippen LogP contribution in [0.1, 0.15) is 19.8 Å². The molecule has 1 aliphatic rings. The second kappa shape index (κ2) is 5.38. The fraction of sp³-hybridized carbons (Fsp3) is 0.538. The standard InChI is InChI=1S/C13H19NO3S/c1-11-7-8-12(10-15)9-14(11)18(16,17)13-5-3-2-4-6-13/h2-6,11-12,15H,7-10H2,1H3. The first-order chi connectivity index (χ1) is 8.55. The Morgan fingerprint density at radius 2 is 1.94 bits per heavy atom. The third-order valence-electron chi connectivity index (χ3n) is 3.53. The lowest BCUT2D eigenvalue weighted by atomic mass is 9.96. The molecule has 4 nitrogen and oxygen atoms in total. The summed E-state index contributed by atoms with van der Waals surface area (Å²) in [5.41, 5.74) is 0. The molecule has 1 N–H and O–H groups in total. The number of nitrogens with zero attached hydrogens (tertiary/aromatic N) is 1. The molecule has 5 heteroatoms. The Morgan fingerprint density at radius 3 is 2.56 bits per heavy atom. The van der Waals surface area contributed by atoms with Crippen LogP contribution in [0.15, 0.2) is 35.2 Å². The van der Waals surface area contributed by atoms with E-state index in [0.29, 0.717) is 11.4 Å². The number of sulfonamides is 1. The van der Waals surface area contributed by atoms with Crippen LogP contribution in [0.25, 0.3) is 0 Å². The number of hydrogen-bond acceptors (Lipinski definition) is 3.